The largest absolute Gasteiger partial charge is 0.383 e. The first-order chi connectivity index (χ1) is 8.85. The van der Waals surface area contributed by atoms with Crippen molar-refractivity contribution in [3.05, 3.63) is 0 Å². The molecule has 0 spiro atoms. The Hall–Kier alpha value is 0.210. The normalized spacial score (nSPS) is 12.8. The summed E-state index contributed by atoms with van der Waals surface area (Å²) in [5.74, 6) is 0.707. The highest BCUT2D eigenvalue weighted by Gasteiger charge is 2.05. The Morgan fingerprint density at radius 3 is 2.17 bits per heavy atom. The number of alkyl halides is 1. The minimum atomic E-state index is 0.428. The third kappa shape index (κ3) is 12.7. The van der Waals surface area contributed by atoms with Gasteiger partial charge >= 0.3 is 0 Å². The first-order valence-electron chi connectivity index (χ1n) is 7.63. The zero-order valence-electron chi connectivity index (χ0n) is 12.3. The van der Waals surface area contributed by atoms with Crippen LogP contribution in [0.25, 0.3) is 0 Å². The van der Waals surface area contributed by atoms with Crippen LogP contribution in [0.4, 0.5) is 0 Å². The van der Waals surface area contributed by atoms with Crippen LogP contribution in [0.3, 0.4) is 0 Å². The van der Waals surface area contributed by atoms with E-state index in [1.165, 1.54) is 51.4 Å². The molecule has 0 saturated heterocycles. The topological polar surface area (TPSA) is 21.3 Å². The van der Waals surface area contributed by atoms with Crippen molar-refractivity contribution in [1.82, 2.24) is 5.32 Å². The second-order valence-electron chi connectivity index (χ2n) is 5.06. The van der Waals surface area contributed by atoms with Gasteiger partial charge in [-0.25, -0.2) is 0 Å². The number of ether oxygens (including phenoxy) is 1. The molecule has 0 aliphatic rings. The lowest BCUT2D eigenvalue weighted by atomic mass is 10.1. The Labute approximate surface area is 119 Å². The quantitative estimate of drug-likeness (QED) is 0.376. The molecule has 0 radical (unpaired) electrons. The summed E-state index contributed by atoms with van der Waals surface area (Å²) >= 11 is 5.76. The van der Waals surface area contributed by atoms with E-state index in [4.69, 9.17) is 16.3 Å². The lowest BCUT2D eigenvalue weighted by molar-refractivity contribution is 0.164. The molecule has 1 N–H and O–H groups in total. The van der Waals surface area contributed by atoms with E-state index in [1.54, 1.807) is 7.11 Å². The Morgan fingerprint density at radius 2 is 1.61 bits per heavy atom. The average molecular weight is 278 g/mol. The van der Waals surface area contributed by atoms with Crippen LogP contribution in [-0.4, -0.2) is 32.2 Å². The molecule has 0 rings (SSSR count). The second kappa shape index (κ2) is 15.3. The molecule has 0 amide bonds. The second-order valence-corrected chi connectivity index (χ2v) is 5.44. The van der Waals surface area contributed by atoms with Gasteiger partial charge in [0.25, 0.3) is 0 Å². The maximum absolute atomic E-state index is 5.76. The zero-order valence-corrected chi connectivity index (χ0v) is 13.1. The molecular formula is C15H32ClNO. The van der Waals surface area contributed by atoms with E-state index in [0.29, 0.717) is 11.9 Å². The first kappa shape index (κ1) is 18.2. The Morgan fingerprint density at radius 1 is 1.00 bits per heavy atom. The van der Waals surface area contributed by atoms with Crippen LogP contribution in [0.5, 0.6) is 0 Å². The third-order valence-corrected chi connectivity index (χ3v) is 3.51. The molecule has 0 heterocycles. The van der Waals surface area contributed by atoms with Crippen LogP contribution in [0, 0.1) is 0 Å². The molecular weight excluding hydrogens is 246 g/mol. The molecule has 3 heteroatoms. The summed E-state index contributed by atoms with van der Waals surface area (Å²) < 4.78 is 5.17. The third-order valence-electron chi connectivity index (χ3n) is 3.29. The fourth-order valence-electron chi connectivity index (χ4n) is 2.14. The zero-order chi connectivity index (χ0) is 13.5. The molecule has 0 aliphatic heterocycles. The fraction of sp³-hybridized carbons (Fsp3) is 1.00. The van der Waals surface area contributed by atoms with E-state index in [9.17, 15) is 0 Å². The first-order valence-corrected chi connectivity index (χ1v) is 8.16. The van der Waals surface area contributed by atoms with Crippen LogP contribution >= 0.6 is 11.6 Å². The molecule has 0 aromatic carbocycles. The molecule has 18 heavy (non-hydrogen) atoms. The number of unbranched alkanes of at least 4 members (excludes halogenated alkanes) is 7. The number of methoxy groups -OCH3 is 1. The summed E-state index contributed by atoms with van der Waals surface area (Å²) in [4.78, 5) is 0. The molecule has 0 aromatic heterocycles. The number of hydrogen-bond acceptors (Lipinski definition) is 2. The van der Waals surface area contributed by atoms with Gasteiger partial charge in [-0.15, -0.1) is 11.6 Å². The van der Waals surface area contributed by atoms with Crippen molar-refractivity contribution in [2.24, 2.45) is 0 Å². The predicted molar refractivity (Wildman–Crippen MR) is 81.6 cm³/mol. The summed E-state index contributed by atoms with van der Waals surface area (Å²) in [5, 5.41) is 3.52. The Balaban J connectivity index is 3.21. The average Bonchev–Trinajstić information content (AvgIpc) is 2.37. The van der Waals surface area contributed by atoms with E-state index in [2.05, 4.69) is 12.2 Å². The van der Waals surface area contributed by atoms with Crippen molar-refractivity contribution in [3.63, 3.8) is 0 Å². The standard InChI is InChI=1S/C15H32ClNO/c1-3-4-5-6-7-8-9-10-13-17-15(11-12-16)14-18-2/h15,17H,3-14H2,1-2H3. The Bertz CT molecular complexity index is 149. The van der Waals surface area contributed by atoms with Crippen LogP contribution in [0.15, 0.2) is 0 Å². The van der Waals surface area contributed by atoms with Crippen LogP contribution in [0.1, 0.15) is 64.7 Å². The van der Waals surface area contributed by atoms with Crippen molar-refractivity contribution in [2.75, 3.05) is 26.1 Å². The predicted octanol–water partition coefficient (Wildman–Crippen LogP) is 4.36. The van der Waals surface area contributed by atoms with Gasteiger partial charge in [-0.1, -0.05) is 51.9 Å². The number of hydrogen-bond donors (Lipinski definition) is 1. The highest BCUT2D eigenvalue weighted by Crippen LogP contribution is 2.08. The monoisotopic (exact) mass is 277 g/mol. The number of halogens is 1. The molecule has 0 fully saturated rings. The van der Waals surface area contributed by atoms with Crippen molar-refractivity contribution in [2.45, 2.75) is 70.8 Å². The van der Waals surface area contributed by atoms with Crippen LogP contribution in [-0.2, 0) is 4.74 Å². The maximum atomic E-state index is 5.76. The highest BCUT2D eigenvalue weighted by atomic mass is 35.5. The molecule has 1 atom stereocenters. The van der Waals surface area contributed by atoms with Crippen molar-refractivity contribution < 1.29 is 4.74 Å². The van der Waals surface area contributed by atoms with Gasteiger partial charge in [-0.05, 0) is 19.4 Å². The summed E-state index contributed by atoms with van der Waals surface area (Å²) in [6.45, 7) is 4.13. The summed E-state index contributed by atoms with van der Waals surface area (Å²) in [6.07, 6.45) is 12.0. The van der Waals surface area contributed by atoms with E-state index >= 15 is 0 Å². The van der Waals surface area contributed by atoms with E-state index in [1.807, 2.05) is 0 Å². The summed E-state index contributed by atoms with van der Waals surface area (Å²) in [5.41, 5.74) is 0. The van der Waals surface area contributed by atoms with E-state index in [0.717, 1.165) is 19.6 Å². The maximum Gasteiger partial charge on any atom is 0.0616 e. The van der Waals surface area contributed by atoms with E-state index < -0.39 is 0 Å². The van der Waals surface area contributed by atoms with Crippen molar-refractivity contribution in [1.29, 1.82) is 0 Å². The molecule has 0 aromatic rings. The smallest absolute Gasteiger partial charge is 0.0616 e. The number of rotatable bonds is 14. The molecule has 2 nitrogen and oxygen atoms in total. The van der Waals surface area contributed by atoms with Crippen molar-refractivity contribution >= 4 is 11.6 Å². The lowest BCUT2D eigenvalue weighted by Crippen LogP contribution is -2.34. The van der Waals surface area contributed by atoms with Gasteiger partial charge in [0.15, 0.2) is 0 Å². The van der Waals surface area contributed by atoms with Crippen LogP contribution < -0.4 is 5.32 Å². The minimum Gasteiger partial charge on any atom is -0.383 e. The molecule has 0 aliphatic carbocycles. The van der Waals surface area contributed by atoms with E-state index in [-0.39, 0.29) is 0 Å². The Kier molecular flexibility index (Phi) is 15.4. The van der Waals surface area contributed by atoms with Gasteiger partial charge in [-0.3, -0.25) is 0 Å². The van der Waals surface area contributed by atoms with Gasteiger partial charge in [-0.2, -0.15) is 0 Å². The molecule has 0 saturated carbocycles. The van der Waals surface area contributed by atoms with Gasteiger partial charge in [0.1, 0.15) is 0 Å². The molecule has 1 unspecified atom stereocenters. The van der Waals surface area contributed by atoms with Gasteiger partial charge in [0.2, 0.25) is 0 Å². The van der Waals surface area contributed by atoms with Crippen molar-refractivity contribution in [3.8, 4) is 0 Å². The molecule has 110 valence electrons. The minimum absolute atomic E-state index is 0.428. The highest BCUT2D eigenvalue weighted by molar-refractivity contribution is 6.17. The molecule has 0 bridgehead atoms. The van der Waals surface area contributed by atoms with Gasteiger partial charge < -0.3 is 10.1 Å². The summed E-state index contributed by atoms with van der Waals surface area (Å²) in [6, 6.07) is 0.428. The fourth-order valence-corrected chi connectivity index (χ4v) is 2.41. The van der Waals surface area contributed by atoms with Gasteiger partial charge in [0.05, 0.1) is 6.61 Å². The number of nitrogens with one attached hydrogen (secondary N) is 1. The van der Waals surface area contributed by atoms with Gasteiger partial charge in [0, 0.05) is 19.0 Å². The lowest BCUT2D eigenvalue weighted by Gasteiger charge is -2.16. The van der Waals surface area contributed by atoms with Crippen LogP contribution in [0.2, 0.25) is 0 Å². The SMILES string of the molecule is CCCCCCCCCCNC(CCCl)COC. The summed E-state index contributed by atoms with van der Waals surface area (Å²) in [7, 11) is 1.75.